The molecule has 33 heavy (non-hydrogen) atoms. The Morgan fingerprint density at radius 1 is 1.00 bits per heavy atom. The largest absolute Gasteiger partial charge is 0.493 e. The average Bonchev–Trinajstić information content (AvgIpc) is 3.27. The van der Waals surface area contributed by atoms with E-state index >= 15 is 0 Å². The molecule has 178 valence electrons. The van der Waals surface area contributed by atoms with Gasteiger partial charge in [-0.05, 0) is 80.8 Å². The van der Waals surface area contributed by atoms with Crippen molar-refractivity contribution < 1.29 is 9.53 Å². The van der Waals surface area contributed by atoms with Gasteiger partial charge >= 0.3 is 0 Å². The summed E-state index contributed by atoms with van der Waals surface area (Å²) in [5.74, 6) is 2.20. The van der Waals surface area contributed by atoms with Crippen LogP contribution in [-0.4, -0.2) is 41.4 Å². The minimum Gasteiger partial charge on any atom is -0.493 e. The van der Waals surface area contributed by atoms with Crippen LogP contribution in [0.2, 0.25) is 0 Å². The Balaban J connectivity index is 1.42. The van der Waals surface area contributed by atoms with Crippen LogP contribution in [0.1, 0.15) is 62.6 Å². The molecule has 0 spiro atoms. The van der Waals surface area contributed by atoms with Crippen LogP contribution in [-0.2, 0) is 17.9 Å². The molecular formula is C29H40N2O2. The summed E-state index contributed by atoms with van der Waals surface area (Å²) in [5.41, 5.74) is 3.59. The van der Waals surface area contributed by atoms with Crippen LogP contribution in [0.5, 0.6) is 5.75 Å². The first-order valence-corrected chi connectivity index (χ1v) is 12.8. The second-order valence-corrected chi connectivity index (χ2v) is 10.5. The lowest BCUT2D eigenvalue weighted by atomic mass is 9.88. The van der Waals surface area contributed by atoms with Gasteiger partial charge in [-0.15, -0.1) is 0 Å². The molecule has 2 fully saturated rings. The highest BCUT2D eigenvalue weighted by Gasteiger charge is 2.33. The van der Waals surface area contributed by atoms with Crippen molar-refractivity contribution in [1.29, 1.82) is 0 Å². The highest BCUT2D eigenvalue weighted by Crippen LogP contribution is 2.32. The number of fused-ring (bicyclic) bond motifs is 1. The molecule has 4 heteroatoms. The van der Waals surface area contributed by atoms with Crippen LogP contribution in [0.15, 0.2) is 48.5 Å². The zero-order valence-corrected chi connectivity index (χ0v) is 20.6. The van der Waals surface area contributed by atoms with E-state index in [1.807, 2.05) is 12.1 Å². The Labute approximate surface area is 199 Å². The van der Waals surface area contributed by atoms with Gasteiger partial charge in [-0.3, -0.25) is 4.79 Å². The SMILES string of the molecule is Cc1ccc(CN(Cc2ccc(OCC(C)C)cc2)C(=O)C[C@@H]2CCN3CCC[C@@H]3C2)cc1. The Kier molecular flexibility index (Phi) is 8.08. The van der Waals surface area contributed by atoms with Gasteiger partial charge in [-0.2, -0.15) is 0 Å². The highest BCUT2D eigenvalue weighted by atomic mass is 16.5. The summed E-state index contributed by atoms with van der Waals surface area (Å²) >= 11 is 0. The molecule has 0 unspecified atom stereocenters. The maximum Gasteiger partial charge on any atom is 0.223 e. The maximum atomic E-state index is 13.5. The Morgan fingerprint density at radius 3 is 2.33 bits per heavy atom. The highest BCUT2D eigenvalue weighted by molar-refractivity contribution is 5.76. The van der Waals surface area contributed by atoms with Gasteiger partial charge < -0.3 is 14.5 Å². The van der Waals surface area contributed by atoms with E-state index in [0.29, 0.717) is 37.4 Å². The fourth-order valence-corrected chi connectivity index (χ4v) is 5.19. The van der Waals surface area contributed by atoms with Crippen molar-refractivity contribution in [2.75, 3.05) is 19.7 Å². The molecule has 0 N–H and O–H groups in total. The molecule has 2 atom stereocenters. The number of amides is 1. The van der Waals surface area contributed by atoms with Crippen molar-refractivity contribution in [1.82, 2.24) is 9.80 Å². The summed E-state index contributed by atoms with van der Waals surface area (Å²) in [5, 5.41) is 0. The summed E-state index contributed by atoms with van der Waals surface area (Å²) in [4.78, 5) is 18.2. The first-order chi connectivity index (χ1) is 16.0. The first kappa shape index (κ1) is 23.8. The van der Waals surface area contributed by atoms with Crippen LogP contribution in [0, 0.1) is 18.8 Å². The van der Waals surface area contributed by atoms with Crippen LogP contribution < -0.4 is 4.74 Å². The molecule has 4 rings (SSSR count). The number of aryl methyl sites for hydroxylation is 1. The summed E-state index contributed by atoms with van der Waals surface area (Å²) < 4.78 is 5.83. The average molecular weight is 449 g/mol. The lowest BCUT2D eigenvalue weighted by molar-refractivity contribution is -0.134. The third-order valence-electron chi connectivity index (χ3n) is 7.12. The molecule has 0 saturated carbocycles. The monoisotopic (exact) mass is 448 g/mol. The lowest BCUT2D eigenvalue weighted by Crippen LogP contribution is -2.40. The first-order valence-electron chi connectivity index (χ1n) is 12.8. The molecule has 0 aromatic heterocycles. The third-order valence-corrected chi connectivity index (χ3v) is 7.12. The van der Waals surface area contributed by atoms with Crippen LogP contribution in [0.25, 0.3) is 0 Å². The fourth-order valence-electron chi connectivity index (χ4n) is 5.19. The van der Waals surface area contributed by atoms with E-state index < -0.39 is 0 Å². The van der Waals surface area contributed by atoms with Crippen molar-refractivity contribution >= 4 is 5.91 Å². The number of ether oxygens (including phenoxy) is 1. The van der Waals surface area contributed by atoms with E-state index in [0.717, 1.165) is 24.3 Å². The molecular weight excluding hydrogens is 408 g/mol. The maximum absolute atomic E-state index is 13.5. The second-order valence-electron chi connectivity index (χ2n) is 10.5. The molecule has 0 bridgehead atoms. The number of hydrogen-bond acceptors (Lipinski definition) is 3. The predicted molar refractivity (Wildman–Crippen MR) is 134 cm³/mol. The molecule has 2 aliphatic rings. The van der Waals surface area contributed by atoms with Crippen LogP contribution in [0.3, 0.4) is 0 Å². The predicted octanol–water partition coefficient (Wildman–Crippen LogP) is 5.82. The van der Waals surface area contributed by atoms with Crippen molar-refractivity contribution in [3.63, 3.8) is 0 Å². The number of carbonyl (C=O) groups is 1. The summed E-state index contributed by atoms with van der Waals surface area (Å²) in [6, 6.07) is 17.5. The number of benzene rings is 2. The van der Waals surface area contributed by atoms with E-state index in [1.165, 1.54) is 43.5 Å². The van der Waals surface area contributed by atoms with E-state index in [-0.39, 0.29) is 5.91 Å². The van der Waals surface area contributed by atoms with E-state index in [1.54, 1.807) is 0 Å². The van der Waals surface area contributed by atoms with Gasteiger partial charge in [0.1, 0.15) is 5.75 Å². The molecule has 2 aromatic carbocycles. The molecule has 0 aliphatic carbocycles. The van der Waals surface area contributed by atoms with Gasteiger partial charge in [0.25, 0.3) is 0 Å². The van der Waals surface area contributed by atoms with Gasteiger partial charge in [0.15, 0.2) is 0 Å². The quantitative estimate of drug-likeness (QED) is 0.484. The van der Waals surface area contributed by atoms with Crippen molar-refractivity contribution in [3.8, 4) is 5.75 Å². The van der Waals surface area contributed by atoms with Gasteiger partial charge in [0.2, 0.25) is 5.91 Å². The zero-order chi connectivity index (χ0) is 23.2. The summed E-state index contributed by atoms with van der Waals surface area (Å²) in [6.07, 6.45) is 5.64. The second kappa shape index (κ2) is 11.2. The van der Waals surface area contributed by atoms with Gasteiger partial charge in [-0.25, -0.2) is 0 Å². The topological polar surface area (TPSA) is 32.8 Å². The number of piperidine rings is 1. The lowest BCUT2D eigenvalue weighted by Gasteiger charge is -2.35. The van der Waals surface area contributed by atoms with Crippen LogP contribution in [0.4, 0.5) is 0 Å². The minimum atomic E-state index is 0.284. The standard InChI is InChI=1S/C29H40N2O2/c1-22(2)21-33-28-12-10-25(11-13-28)20-31(19-24-8-6-23(3)7-9-24)29(32)18-26-14-16-30-15-4-5-27(30)17-26/h6-13,22,26-27H,4-5,14-21H2,1-3H3/t26-,27-/m1/s1. The molecule has 2 saturated heterocycles. The molecule has 4 nitrogen and oxygen atoms in total. The number of nitrogens with zero attached hydrogens (tertiary/aromatic N) is 2. The Hall–Kier alpha value is -2.33. The van der Waals surface area contributed by atoms with E-state index in [9.17, 15) is 4.79 Å². The number of hydrogen-bond donors (Lipinski definition) is 0. The van der Waals surface area contributed by atoms with Gasteiger partial charge in [0.05, 0.1) is 6.61 Å². The molecule has 2 heterocycles. The Bertz CT molecular complexity index is 891. The van der Waals surface area contributed by atoms with Gasteiger partial charge in [-0.1, -0.05) is 55.8 Å². The van der Waals surface area contributed by atoms with Crippen LogP contribution >= 0.6 is 0 Å². The van der Waals surface area contributed by atoms with Crippen molar-refractivity contribution in [3.05, 3.63) is 65.2 Å². The summed E-state index contributed by atoms with van der Waals surface area (Å²) in [7, 11) is 0. The van der Waals surface area contributed by atoms with E-state index in [4.69, 9.17) is 4.74 Å². The van der Waals surface area contributed by atoms with Crippen molar-refractivity contribution in [2.45, 2.75) is 72.0 Å². The van der Waals surface area contributed by atoms with Gasteiger partial charge in [0, 0.05) is 25.6 Å². The Morgan fingerprint density at radius 2 is 1.67 bits per heavy atom. The zero-order valence-electron chi connectivity index (χ0n) is 20.6. The third kappa shape index (κ3) is 6.83. The summed E-state index contributed by atoms with van der Waals surface area (Å²) in [6.45, 7) is 10.8. The number of rotatable bonds is 9. The normalized spacial score (nSPS) is 20.6. The number of carbonyl (C=O) groups excluding carboxylic acids is 1. The molecule has 0 radical (unpaired) electrons. The fraction of sp³-hybridized carbons (Fsp3) is 0.552. The molecule has 2 aliphatic heterocycles. The van der Waals surface area contributed by atoms with Crippen molar-refractivity contribution in [2.24, 2.45) is 11.8 Å². The smallest absolute Gasteiger partial charge is 0.223 e. The minimum absolute atomic E-state index is 0.284. The molecule has 1 amide bonds. The van der Waals surface area contributed by atoms with E-state index in [2.05, 4.69) is 67.0 Å². The molecule has 2 aromatic rings.